The van der Waals surface area contributed by atoms with Crippen LogP contribution in [0.15, 0.2) is 49.1 Å². The molecule has 30 heavy (non-hydrogen) atoms. The molecule has 1 amide bonds. The summed E-state index contributed by atoms with van der Waals surface area (Å²) in [5.41, 5.74) is 1.09. The second-order valence-corrected chi connectivity index (χ2v) is 7.23. The van der Waals surface area contributed by atoms with Gasteiger partial charge in [0.2, 0.25) is 5.91 Å². The average Bonchev–Trinajstić information content (AvgIpc) is 3.34. The molecule has 1 aliphatic heterocycles. The fraction of sp³-hybridized carbons (Fsp3) is 0.381. The molecule has 1 fully saturated rings. The van der Waals surface area contributed by atoms with E-state index >= 15 is 0 Å². The van der Waals surface area contributed by atoms with E-state index in [9.17, 15) is 4.79 Å². The summed E-state index contributed by atoms with van der Waals surface area (Å²) in [5, 5.41) is 15.7. The number of piperidine rings is 1. The number of hydrogen-bond acceptors (Lipinski definition) is 7. The van der Waals surface area contributed by atoms with Crippen LogP contribution in [-0.2, 0) is 11.2 Å². The maximum atomic E-state index is 12.7. The highest BCUT2D eigenvalue weighted by molar-refractivity contribution is 5.79. The zero-order valence-electron chi connectivity index (χ0n) is 16.9. The molecule has 4 rings (SSSR count). The third kappa shape index (κ3) is 4.56. The van der Waals surface area contributed by atoms with Crippen molar-refractivity contribution in [1.29, 1.82) is 0 Å². The van der Waals surface area contributed by atoms with Gasteiger partial charge in [0.15, 0.2) is 11.6 Å². The van der Waals surface area contributed by atoms with Crippen LogP contribution < -0.4 is 15.0 Å². The zero-order chi connectivity index (χ0) is 20.8. The Morgan fingerprint density at radius 1 is 1.20 bits per heavy atom. The molecule has 0 radical (unpaired) electrons. The van der Waals surface area contributed by atoms with E-state index in [1.807, 2.05) is 36.4 Å². The van der Waals surface area contributed by atoms with Crippen molar-refractivity contribution in [2.45, 2.75) is 19.3 Å². The number of ether oxygens (including phenoxy) is 1. The predicted octanol–water partition coefficient (Wildman–Crippen LogP) is 1.64. The molecular weight excluding hydrogens is 382 g/mol. The standard InChI is InChI=1S/C21H25N7O2/c1-30-18-7-3-2-5-16(18)10-11-23-21(29)17-6-4-12-27(13-17)19-8-9-20(26-25-19)28-15-22-14-24-28/h2-3,5,7-9,14-15,17H,4,6,10-13H2,1H3,(H,23,29). The number of amides is 1. The van der Waals surface area contributed by atoms with Crippen LogP contribution in [0.5, 0.6) is 5.75 Å². The number of anilines is 1. The monoisotopic (exact) mass is 407 g/mol. The van der Waals surface area contributed by atoms with Crippen LogP contribution in [0.2, 0.25) is 0 Å². The lowest BCUT2D eigenvalue weighted by Crippen LogP contribution is -2.43. The van der Waals surface area contributed by atoms with Crippen LogP contribution in [0.3, 0.4) is 0 Å². The number of rotatable bonds is 7. The number of methoxy groups -OCH3 is 1. The van der Waals surface area contributed by atoms with Gasteiger partial charge in [0.1, 0.15) is 18.4 Å². The first-order chi connectivity index (χ1) is 14.7. The van der Waals surface area contributed by atoms with Gasteiger partial charge in [-0.1, -0.05) is 18.2 Å². The molecular formula is C21H25N7O2. The molecule has 0 aliphatic carbocycles. The number of aromatic nitrogens is 5. The quantitative estimate of drug-likeness (QED) is 0.636. The molecule has 1 aliphatic rings. The average molecular weight is 407 g/mol. The number of nitrogens with zero attached hydrogens (tertiary/aromatic N) is 6. The maximum Gasteiger partial charge on any atom is 0.224 e. The normalized spacial score (nSPS) is 16.3. The van der Waals surface area contributed by atoms with Crippen molar-refractivity contribution in [3.63, 3.8) is 0 Å². The first-order valence-corrected chi connectivity index (χ1v) is 10.1. The van der Waals surface area contributed by atoms with Gasteiger partial charge in [-0.25, -0.2) is 9.67 Å². The topological polar surface area (TPSA) is 98.1 Å². The van der Waals surface area contributed by atoms with Crippen LogP contribution in [-0.4, -0.2) is 57.6 Å². The second kappa shape index (κ2) is 9.34. The Bertz CT molecular complexity index is 960. The number of carbonyl (C=O) groups is 1. The van der Waals surface area contributed by atoms with E-state index in [2.05, 4.69) is 30.5 Å². The Labute approximate surface area is 175 Å². The van der Waals surface area contributed by atoms with Crippen molar-refractivity contribution < 1.29 is 9.53 Å². The van der Waals surface area contributed by atoms with Gasteiger partial charge in [0.05, 0.1) is 13.0 Å². The van der Waals surface area contributed by atoms with E-state index in [-0.39, 0.29) is 11.8 Å². The predicted molar refractivity (Wildman–Crippen MR) is 112 cm³/mol. The van der Waals surface area contributed by atoms with E-state index in [1.54, 1.807) is 18.1 Å². The van der Waals surface area contributed by atoms with Crippen LogP contribution in [0, 0.1) is 5.92 Å². The van der Waals surface area contributed by atoms with E-state index in [4.69, 9.17) is 4.74 Å². The van der Waals surface area contributed by atoms with Gasteiger partial charge in [0.25, 0.3) is 0 Å². The lowest BCUT2D eigenvalue weighted by atomic mass is 9.97. The van der Waals surface area contributed by atoms with E-state index in [0.29, 0.717) is 18.9 Å². The van der Waals surface area contributed by atoms with Gasteiger partial charge in [-0.2, -0.15) is 5.10 Å². The number of para-hydroxylation sites is 1. The van der Waals surface area contributed by atoms with Crippen molar-refractivity contribution in [3.8, 4) is 11.6 Å². The highest BCUT2D eigenvalue weighted by Crippen LogP contribution is 2.22. The number of benzene rings is 1. The van der Waals surface area contributed by atoms with E-state index < -0.39 is 0 Å². The van der Waals surface area contributed by atoms with E-state index in [0.717, 1.165) is 42.9 Å². The fourth-order valence-electron chi connectivity index (χ4n) is 3.71. The molecule has 1 unspecified atom stereocenters. The Kier molecular flexibility index (Phi) is 6.17. The van der Waals surface area contributed by atoms with Crippen molar-refractivity contribution >= 4 is 11.7 Å². The first kappa shape index (κ1) is 19.8. The van der Waals surface area contributed by atoms with Crippen molar-refractivity contribution in [1.82, 2.24) is 30.3 Å². The minimum absolute atomic E-state index is 0.0618. The smallest absolute Gasteiger partial charge is 0.224 e. The summed E-state index contributed by atoms with van der Waals surface area (Å²) in [5.74, 6) is 2.25. The van der Waals surface area contributed by atoms with Gasteiger partial charge >= 0.3 is 0 Å². The van der Waals surface area contributed by atoms with Crippen molar-refractivity contribution in [2.75, 3.05) is 31.6 Å². The Morgan fingerprint density at radius 3 is 2.80 bits per heavy atom. The summed E-state index contributed by atoms with van der Waals surface area (Å²) >= 11 is 0. The molecule has 156 valence electrons. The third-order valence-corrected chi connectivity index (χ3v) is 5.29. The molecule has 3 heterocycles. The molecule has 1 aromatic carbocycles. The largest absolute Gasteiger partial charge is 0.496 e. The molecule has 0 bridgehead atoms. The lowest BCUT2D eigenvalue weighted by Gasteiger charge is -2.32. The highest BCUT2D eigenvalue weighted by atomic mass is 16.5. The Morgan fingerprint density at radius 2 is 2.03 bits per heavy atom. The maximum absolute atomic E-state index is 12.7. The number of nitrogens with one attached hydrogen (secondary N) is 1. The van der Waals surface area contributed by atoms with Gasteiger partial charge in [-0.15, -0.1) is 10.2 Å². The van der Waals surface area contributed by atoms with Gasteiger partial charge in [-0.05, 0) is 43.0 Å². The number of carbonyl (C=O) groups excluding carboxylic acids is 1. The molecule has 0 spiro atoms. The molecule has 3 aromatic rings. The van der Waals surface area contributed by atoms with E-state index in [1.165, 1.54) is 6.33 Å². The van der Waals surface area contributed by atoms with Gasteiger partial charge in [-0.3, -0.25) is 4.79 Å². The van der Waals surface area contributed by atoms with Crippen LogP contribution in [0.1, 0.15) is 18.4 Å². The molecule has 1 saturated heterocycles. The fourth-order valence-corrected chi connectivity index (χ4v) is 3.71. The van der Waals surface area contributed by atoms with Gasteiger partial charge < -0.3 is 15.0 Å². The minimum atomic E-state index is -0.0618. The van der Waals surface area contributed by atoms with Crippen LogP contribution in [0.25, 0.3) is 5.82 Å². The summed E-state index contributed by atoms with van der Waals surface area (Å²) in [6.45, 7) is 2.09. The summed E-state index contributed by atoms with van der Waals surface area (Å²) in [6.07, 6.45) is 5.59. The third-order valence-electron chi connectivity index (χ3n) is 5.29. The second-order valence-electron chi connectivity index (χ2n) is 7.23. The van der Waals surface area contributed by atoms with Crippen LogP contribution >= 0.6 is 0 Å². The molecule has 9 heteroatoms. The summed E-state index contributed by atoms with van der Waals surface area (Å²) in [6, 6.07) is 11.6. The van der Waals surface area contributed by atoms with Gasteiger partial charge in [0, 0.05) is 19.6 Å². The number of hydrogen-bond donors (Lipinski definition) is 1. The molecule has 0 saturated carbocycles. The molecule has 1 N–H and O–H groups in total. The molecule has 1 atom stereocenters. The Balaban J connectivity index is 1.31. The SMILES string of the molecule is COc1ccccc1CCNC(=O)C1CCCN(c2ccc(-n3cncn3)nn2)C1. The zero-order valence-corrected chi connectivity index (χ0v) is 16.9. The first-order valence-electron chi connectivity index (χ1n) is 10.1. The minimum Gasteiger partial charge on any atom is -0.496 e. The van der Waals surface area contributed by atoms with Crippen molar-refractivity contribution in [2.24, 2.45) is 5.92 Å². The lowest BCUT2D eigenvalue weighted by molar-refractivity contribution is -0.125. The molecule has 2 aromatic heterocycles. The van der Waals surface area contributed by atoms with Crippen molar-refractivity contribution in [3.05, 3.63) is 54.6 Å². The van der Waals surface area contributed by atoms with Crippen LogP contribution in [0.4, 0.5) is 5.82 Å². The summed E-state index contributed by atoms with van der Waals surface area (Å²) in [7, 11) is 1.66. The highest BCUT2D eigenvalue weighted by Gasteiger charge is 2.26. The Hall–Kier alpha value is -3.49. The summed E-state index contributed by atoms with van der Waals surface area (Å²) < 4.78 is 6.93. The molecule has 9 nitrogen and oxygen atoms in total. The summed E-state index contributed by atoms with van der Waals surface area (Å²) in [4.78, 5) is 18.7.